The third-order valence-electron chi connectivity index (χ3n) is 9.04. The lowest BCUT2D eigenvalue weighted by Crippen LogP contribution is -2.30. The summed E-state index contributed by atoms with van der Waals surface area (Å²) in [5.41, 5.74) is 0. The summed E-state index contributed by atoms with van der Waals surface area (Å²) in [6, 6.07) is 0. The minimum Gasteiger partial charge on any atom is -0.462 e. The van der Waals surface area contributed by atoms with Crippen molar-refractivity contribution in [3.63, 3.8) is 0 Å². The molecule has 0 aromatic rings. The van der Waals surface area contributed by atoms with Crippen LogP contribution >= 0.6 is 0 Å². The number of esters is 3. The molecule has 0 aliphatic rings. The summed E-state index contributed by atoms with van der Waals surface area (Å²) in [6.07, 6.45) is 46.6. The van der Waals surface area contributed by atoms with Gasteiger partial charge in [-0.15, -0.1) is 0 Å². The number of allylic oxidation sites excluding steroid dienone is 8. The van der Waals surface area contributed by atoms with Crippen LogP contribution in [-0.4, -0.2) is 37.2 Å². The number of unbranched alkanes of at least 4 members (excludes halogenated alkanes) is 19. The maximum Gasteiger partial charge on any atom is 0.306 e. The molecule has 0 heterocycles. The molecule has 6 heteroatoms. The fourth-order valence-corrected chi connectivity index (χ4v) is 5.73. The predicted molar refractivity (Wildman–Crippen MR) is 219 cm³/mol. The molecule has 0 aromatic heterocycles. The number of ether oxygens (including phenoxy) is 3. The van der Waals surface area contributed by atoms with Crippen LogP contribution in [-0.2, 0) is 28.6 Å². The van der Waals surface area contributed by atoms with Crippen LogP contribution in [0.1, 0.15) is 207 Å². The van der Waals surface area contributed by atoms with Gasteiger partial charge in [0.25, 0.3) is 0 Å². The summed E-state index contributed by atoms with van der Waals surface area (Å²) in [4.78, 5) is 37.6. The molecule has 0 saturated carbocycles. The lowest BCUT2D eigenvalue weighted by Gasteiger charge is -2.18. The van der Waals surface area contributed by atoms with Crippen molar-refractivity contribution in [1.82, 2.24) is 0 Å². The second-order valence-electron chi connectivity index (χ2n) is 14.2. The number of carbonyl (C=O) groups excluding carboxylic acids is 3. The van der Waals surface area contributed by atoms with Crippen molar-refractivity contribution in [2.24, 2.45) is 0 Å². The van der Waals surface area contributed by atoms with Crippen LogP contribution in [0.3, 0.4) is 0 Å². The molecule has 300 valence electrons. The first kappa shape index (κ1) is 49.4. The molecule has 0 aliphatic carbocycles. The van der Waals surface area contributed by atoms with Gasteiger partial charge in [-0.25, -0.2) is 0 Å². The topological polar surface area (TPSA) is 78.9 Å². The van der Waals surface area contributed by atoms with Crippen molar-refractivity contribution in [3.05, 3.63) is 48.6 Å². The van der Waals surface area contributed by atoms with Gasteiger partial charge in [0.15, 0.2) is 6.10 Å². The molecular formula is C46H80O6. The molecule has 52 heavy (non-hydrogen) atoms. The van der Waals surface area contributed by atoms with E-state index in [1.165, 1.54) is 57.8 Å². The molecule has 0 aliphatic heterocycles. The van der Waals surface area contributed by atoms with Crippen molar-refractivity contribution < 1.29 is 28.6 Å². The quantitative estimate of drug-likeness (QED) is 0.0272. The van der Waals surface area contributed by atoms with Crippen LogP contribution in [0.25, 0.3) is 0 Å². The molecule has 0 aromatic carbocycles. The highest BCUT2D eigenvalue weighted by atomic mass is 16.6. The summed E-state index contributed by atoms with van der Waals surface area (Å²) >= 11 is 0. The highest BCUT2D eigenvalue weighted by molar-refractivity contribution is 5.71. The van der Waals surface area contributed by atoms with Gasteiger partial charge in [0.05, 0.1) is 0 Å². The fourth-order valence-electron chi connectivity index (χ4n) is 5.73. The van der Waals surface area contributed by atoms with Crippen molar-refractivity contribution in [1.29, 1.82) is 0 Å². The van der Waals surface area contributed by atoms with E-state index in [4.69, 9.17) is 14.2 Å². The Kier molecular flexibility index (Phi) is 39.1. The molecule has 0 rings (SSSR count). The first-order valence-electron chi connectivity index (χ1n) is 21.6. The van der Waals surface area contributed by atoms with Crippen molar-refractivity contribution in [2.45, 2.75) is 213 Å². The number of carbonyl (C=O) groups is 3. The van der Waals surface area contributed by atoms with E-state index in [1.807, 2.05) is 0 Å². The standard InChI is InChI=1S/C46H80O6/c1-4-7-10-13-16-19-22-25-27-30-33-36-39-45(48)51-42-43(52-46(49)40-37-34-31-28-24-21-18-15-12-9-6-3)41-50-44(47)38-35-32-29-26-23-20-17-14-11-8-5-2/h7,10,14-19,43H,4-6,8-9,11-13,20-42H2,1-3H3/b10-7-,17-14-,18-15-,19-16-. The van der Waals surface area contributed by atoms with Gasteiger partial charge >= 0.3 is 17.9 Å². The van der Waals surface area contributed by atoms with E-state index in [2.05, 4.69) is 69.4 Å². The molecule has 0 bridgehead atoms. The summed E-state index contributed by atoms with van der Waals surface area (Å²) < 4.78 is 16.6. The van der Waals surface area contributed by atoms with Gasteiger partial charge in [0.2, 0.25) is 0 Å². The van der Waals surface area contributed by atoms with Gasteiger partial charge in [-0.1, -0.05) is 153 Å². The molecule has 0 N–H and O–H groups in total. The van der Waals surface area contributed by atoms with Gasteiger partial charge in [0.1, 0.15) is 13.2 Å². The second-order valence-corrected chi connectivity index (χ2v) is 14.2. The molecule has 0 spiro atoms. The Bertz CT molecular complexity index is 933. The number of hydrogen-bond donors (Lipinski definition) is 0. The molecule has 0 saturated heterocycles. The maximum absolute atomic E-state index is 12.7. The van der Waals surface area contributed by atoms with Gasteiger partial charge < -0.3 is 14.2 Å². The Balaban J connectivity index is 4.42. The van der Waals surface area contributed by atoms with E-state index in [0.29, 0.717) is 19.3 Å². The summed E-state index contributed by atoms with van der Waals surface area (Å²) in [5, 5.41) is 0. The molecule has 0 fully saturated rings. The molecule has 1 atom stereocenters. The van der Waals surface area contributed by atoms with Crippen molar-refractivity contribution in [3.8, 4) is 0 Å². The van der Waals surface area contributed by atoms with E-state index in [-0.39, 0.29) is 31.1 Å². The van der Waals surface area contributed by atoms with E-state index in [0.717, 1.165) is 109 Å². The van der Waals surface area contributed by atoms with E-state index in [9.17, 15) is 14.4 Å². The van der Waals surface area contributed by atoms with Crippen LogP contribution < -0.4 is 0 Å². The average molecular weight is 729 g/mol. The SMILES string of the molecule is CC/C=C\C/C=C\CCCCCCCC(=O)OCC(COC(=O)CCCCCCC/C=C\CCCC)OC(=O)CCCCCCC/C=C\CCCC. The first-order chi connectivity index (χ1) is 25.5. The maximum atomic E-state index is 12.7. The summed E-state index contributed by atoms with van der Waals surface area (Å²) in [7, 11) is 0. The Morgan fingerprint density at radius 3 is 1.17 bits per heavy atom. The zero-order valence-electron chi connectivity index (χ0n) is 34.1. The third-order valence-corrected chi connectivity index (χ3v) is 9.04. The molecule has 0 radical (unpaired) electrons. The number of rotatable bonds is 38. The predicted octanol–water partition coefficient (Wildman–Crippen LogP) is 13.6. The Morgan fingerprint density at radius 1 is 0.404 bits per heavy atom. The fraction of sp³-hybridized carbons (Fsp3) is 0.761. The van der Waals surface area contributed by atoms with Crippen LogP contribution in [0.5, 0.6) is 0 Å². The average Bonchev–Trinajstić information content (AvgIpc) is 3.14. The van der Waals surface area contributed by atoms with E-state index < -0.39 is 6.10 Å². The smallest absolute Gasteiger partial charge is 0.306 e. The van der Waals surface area contributed by atoms with Crippen LogP contribution in [0.4, 0.5) is 0 Å². The summed E-state index contributed by atoms with van der Waals surface area (Å²) in [5.74, 6) is -0.925. The third kappa shape index (κ3) is 38.6. The minimum absolute atomic E-state index is 0.0860. The Morgan fingerprint density at radius 2 is 0.750 bits per heavy atom. The largest absolute Gasteiger partial charge is 0.462 e. The lowest BCUT2D eigenvalue weighted by molar-refractivity contribution is -0.167. The van der Waals surface area contributed by atoms with Crippen LogP contribution in [0.2, 0.25) is 0 Å². The molecule has 6 nitrogen and oxygen atoms in total. The molecule has 0 amide bonds. The zero-order chi connectivity index (χ0) is 38.0. The lowest BCUT2D eigenvalue weighted by atomic mass is 10.1. The minimum atomic E-state index is -0.782. The normalized spacial score (nSPS) is 12.4. The van der Waals surface area contributed by atoms with Gasteiger partial charge in [-0.2, -0.15) is 0 Å². The summed E-state index contributed by atoms with van der Waals surface area (Å²) in [6.45, 7) is 6.40. The molecule has 1 unspecified atom stereocenters. The van der Waals surface area contributed by atoms with Crippen LogP contribution in [0, 0.1) is 0 Å². The molecular weight excluding hydrogens is 648 g/mol. The highest BCUT2D eigenvalue weighted by Crippen LogP contribution is 2.13. The zero-order valence-corrected chi connectivity index (χ0v) is 34.1. The second kappa shape index (κ2) is 41.1. The van der Waals surface area contributed by atoms with Gasteiger partial charge in [-0.3, -0.25) is 14.4 Å². The van der Waals surface area contributed by atoms with Gasteiger partial charge in [-0.05, 0) is 83.5 Å². The van der Waals surface area contributed by atoms with E-state index in [1.54, 1.807) is 0 Å². The van der Waals surface area contributed by atoms with Gasteiger partial charge in [0, 0.05) is 19.3 Å². The highest BCUT2D eigenvalue weighted by Gasteiger charge is 2.19. The van der Waals surface area contributed by atoms with Crippen molar-refractivity contribution in [2.75, 3.05) is 13.2 Å². The first-order valence-corrected chi connectivity index (χ1v) is 21.6. The van der Waals surface area contributed by atoms with Crippen LogP contribution in [0.15, 0.2) is 48.6 Å². The van der Waals surface area contributed by atoms with Crippen molar-refractivity contribution >= 4 is 17.9 Å². The Hall–Kier alpha value is -2.63. The Labute approximate surface area is 320 Å². The van der Waals surface area contributed by atoms with E-state index >= 15 is 0 Å². The number of hydrogen-bond acceptors (Lipinski definition) is 6. The monoisotopic (exact) mass is 729 g/mol.